The number of hydrogen-bond donors (Lipinski definition) is 1. The Labute approximate surface area is 166 Å². The van der Waals surface area contributed by atoms with Crippen molar-refractivity contribution >= 4 is 15.9 Å². The van der Waals surface area contributed by atoms with Crippen molar-refractivity contribution < 1.29 is 13.2 Å². The van der Waals surface area contributed by atoms with Crippen molar-refractivity contribution in [2.24, 2.45) is 0 Å². The molecule has 7 nitrogen and oxygen atoms in total. The van der Waals surface area contributed by atoms with E-state index in [4.69, 9.17) is 0 Å². The van der Waals surface area contributed by atoms with Crippen molar-refractivity contribution in [1.82, 2.24) is 19.6 Å². The molecule has 0 saturated carbocycles. The van der Waals surface area contributed by atoms with E-state index in [0.29, 0.717) is 36.6 Å². The van der Waals surface area contributed by atoms with Crippen LogP contribution in [-0.4, -0.2) is 40.9 Å². The Bertz CT molecular complexity index is 932. The van der Waals surface area contributed by atoms with Gasteiger partial charge in [0.15, 0.2) is 0 Å². The molecule has 2 heterocycles. The molecule has 1 aliphatic rings. The zero-order chi connectivity index (χ0) is 20.1. The monoisotopic (exact) mass is 402 g/mol. The van der Waals surface area contributed by atoms with Crippen LogP contribution in [0.3, 0.4) is 0 Å². The lowest BCUT2D eigenvalue weighted by Gasteiger charge is -2.34. The molecule has 1 aliphatic heterocycles. The molecule has 28 heavy (non-hydrogen) atoms. The molecule has 3 rings (SSSR count). The second-order valence-electron chi connectivity index (χ2n) is 6.91. The predicted octanol–water partition coefficient (Wildman–Crippen LogP) is 2.59. The molecular weight excluding hydrogens is 376 g/mol. The highest BCUT2D eigenvalue weighted by molar-refractivity contribution is 7.89. The summed E-state index contributed by atoms with van der Waals surface area (Å²) in [5.74, 6) is 0.260. The summed E-state index contributed by atoms with van der Waals surface area (Å²) in [7, 11) is -3.39. The van der Waals surface area contributed by atoms with Gasteiger partial charge in [-0.1, -0.05) is 36.8 Å². The number of sulfonamides is 1. The average Bonchev–Trinajstić information content (AvgIpc) is 2.72. The number of nitrogens with one attached hydrogen (secondary N) is 1. The van der Waals surface area contributed by atoms with Gasteiger partial charge >= 0.3 is 0 Å². The number of benzene rings is 1. The topological polar surface area (TPSA) is 92.3 Å². The number of aromatic nitrogens is 2. The minimum Gasteiger partial charge on any atom is -0.348 e. The van der Waals surface area contributed by atoms with E-state index in [2.05, 4.69) is 15.3 Å². The largest absolute Gasteiger partial charge is 0.348 e. The fourth-order valence-electron chi connectivity index (χ4n) is 3.47. The van der Waals surface area contributed by atoms with E-state index in [1.807, 2.05) is 30.3 Å². The first-order chi connectivity index (χ1) is 13.4. The highest BCUT2D eigenvalue weighted by Gasteiger charge is 2.35. The summed E-state index contributed by atoms with van der Waals surface area (Å²) in [5.41, 5.74) is 1.82. The molecule has 0 unspecified atom stereocenters. The van der Waals surface area contributed by atoms with Crippen LogP contribution < -0.4 is 5.32 Å². The predicted molar refractivity (Wildman–Crippen MR) is 107 cm³/mol. The van der Waals surface area contributed by atoms with E-state index < -0.39 is 16.1 Å². The third-order valence-corrected chi connectivity index (χ3v) is 6.85. The third kappa shape index (κ3) is 4.56. The molecular formula is C20H26N4O3S. The molecule has 150 valence electrons. The molecule has 1 aromatic heterocycles. The van der Waals surface area contributed by atoms with Gasteiger partial charge in [-0.3, -0.25) is 4.79 Å². The lowest BCUT2D eigenvalue weighted by atomic mass is 9.98. The van der Waals surface area contributed by atoms with Crippen LogP contribution >= 0.6 is 0 Å². The smallest absolute Gasteiger partial charge is 0.255 e. The van der Waals surface area contributed by atoms with E-state index in [1.165, 1.54) is 10.5 Å². The molecule has 2 aromatic rings. The number of aryl methyl sites for hydroxylation is 1. The number of piperidine rings is 1. The summed E-state index contributed by atoms with van der Waals surface area (Å²) in [5, 5.41) is 2.89. The summed E-state index contributed by atoms with van der Waals surface area (Å²) in [4.78, 5) is 21.5. The van der Waals surface area contributed by atoms with E-state index in [-0.39, 0.29) is 11.7 Å². The Morgan fingerprint density at radius 1 is 1.25 bits per heavy atom. The van der Waals surface area contributed by atoms with Crippen molar-refractivity contribution in [2.45, 2.75) is 45.7 Å². The summed E-state index contributed by atoms with van der Waals surface area (Å²) in [6, 6.07) is 9.18. The highest BCUT2D eigenvalue weighted by atomic mass is 32.2. The van der Waals surface area contributed by atoms with Crippen LogP contribution in [0.2, 0.25) is 0 Å². The number of carbonyl (C=O) groups is 1. The van der Waals surface area contributed by atoms with E-state index >= 15 is 0 Å². The maximum atomic E-state index is 12.9. The van der Waals surface area contributed by atoms with Crippen molar-refractivity contribution in [1.29, 1.82) is 0 Å². The average molecular weight is 403 g/mol. The quantitative estimate of drug-likeness (QED) is 0.802. The highest BCUT2D eigenvalue weighted by Crippen LogP contribution is 2.34. The van der Waals surface area contributed by atoms with Crippen LogP contribution in [0.5, 0.6) is 0 Å². The fourth-order valence-corrected chi connectivity index (χ4v) is 4.80. The van der Waals surface area contributed by atoms with E-state index in [0.717, 1.165) is 18.4 Å². The van der Waals surface area contributed by atoms with Gasteiger partial charge in [0.1, 0.15) is 5.82 Å². The molecule has 1 atom stereocenters. The Kier molecular flexibility index (Phi) is 6.41. The first-order valence-corrected chi connectivity index (χ1v) is 11.2. The van der Waals surface area contributed by atoms with Gasteiger partial charge in [-0.2, -0.15) is 4.31 Å². The Morgan fingerprint density at radius 2 is 2.00 bits per heavy atom. The zero-order valence-corrected chi connectivity index (χ0v) is 17.1. The van der Waals surface area contributed by atoms with Gasteiger partial charge in [-0.05, 0) is 32.3 Å². The molecule has 1 aromatic carbocycles. The Hall–Kier alpha value is -2.32. The molecule has 1 saturated heterocycles. The second-order valence-corrected chi connectivity index (χ2v) is 9.12. The molecule has 1 N–H and O–H groups in total. The van der Waals surface area contributed by atoms with Crippen LogP contribution in [0.15, 0.2) is 36.5 Å². The molecule has 8 heteroatoms. The molecule has 0 spiro atoms. The maximum absolute atomic E-state index is 12.9. The summed E-state index contributed by atoms with van der Waals surface area (Å²) >= 11 is 0. The first kappa shape index (κ1) is 20.4. The molecule has 1 amide bonds. The van der Waals surface area contributed by atoms with Crippen molar-refractivity contribution in [3.8, 4) is 0 Å². The van der Waals surface area contributed by atoms with Gasteiger partial charge in [-0.25, -0.2) is 18.4 Å². The van der Waals surface area contributed by atoms with Gasteiger partial charge < -0.3 is 5.32 Å². The van der Waals surface area contributed by atoms with Crippen LogP contribution in [0.4, 0.5) is 0 Å². The van der Waals surface area contributed by atoms with Crippen molar-refractivity contribution in [3.63, 3.8) is 0 Å². The normalized spacial score (nSPS) is 18.0. The van der Waals surface area contributed by atoms with Gasteiger partial charge in [0.05, 0.1) is 23.1 Å². The van der Waals surface area contributed by atoms with Crippen LogP contribution in [0, 0.1) is 6.92 Å². The van der Waals surface area contributed by atoms with Crippen LogP contribution in [0.25, 0.3) is 0 Å². The van der Waals surface area contributed by atoms with Crippen LogP contribution in [0.1, 0.15) is 59.7 Å². The maximum Gasteiger partial charge on any atom is 0.255 e. The van der Waals surface area contributed by atoms with Gasteiger partial charge in [0.2, 0.25) is 10.0 Å². The minimum atomic E-state index is -3.39. The van der Waals surface area contributed by atoms with Gasteiger partial charge in [0.25, 0.3) is 5.91 Å². The molecule has 0 radical (unpaired) electrons. The molecule has 0 aliphatic carbocycles. The fraction of sp³-hybridized carbons (Fsp3) is 0.450. The third-order valence-electron chi connectivity index (χ3n) is 4.97. The number of rotatable bonds is 6. The van der Waals surface area contributed by atoms with Crippen LogP contribution in [-0.2, 0) is 16.6 Å². The first-order valence-electron chi connectivity index (χ1n) is 9.57. The standard InChI is InChI=1S/C20H26N4O3S/c1-3-28(26,27)24-12-8-7-11-18(24)19-17(14-21-15(2)23-19)20(25)22-13-16-9-5-4-6-10-16/h4-6,9-10,14,18H,3,7-8,11-13H2,1-2H3,(H,22,25)/t18-/m1/s1. The van der Waals surface area contributed by atoms with E-state index in [9.17, 15) is 13.2 Å². The van der Waals surface area contributed by atoms with Crippen molar-refractivity contribution in [3.05, 3.63) is 59.2 Å². The lowest BCUT2D eigenvalue weighted by molar-refractivity contribution is 0.0946. The summed E-state index contributed by atoms with van der Waals surface area (Å²) < 4.78 is 26.7. The Balaban J connectivity index is 1.90. The van der Waals surface area contributed by atoms with Gasteiger partial charge in [0, 0.05) is 19.3 Å². The molecule has 1 fully saturated rings. The van der Waals surface area contributed by atoms with Gasteiger partial charge in [-0.15, -0.1) is 0 Å². The number of carbonyl (C=O) groups excluding carboxylic acids is 1. The SMILES string of the molecule is CCS(=O)(=O)N1CCCC[C@@H]1c1nc(C)ncc1C(=O)NCc1ccccc1. The summed E-state index contributed by atoms with van der Waals surface area (Å²) in [6.45, 7) is 4.22. The molecule has 0 bridgehead atoms. The number of nitrogens with zero attached hydrogens (tertiary/aromatic N) is 3. The van der Waals surface area contributed by atoms with E-state index in [1.54, 1.807) is 13.8 Å². The zero-order valence-electron chi connectivity index (χ0n) is 16.3. The second kappa shape index (κ2) is 8.79. The number of hydrogen-bond acceptors (Lipinski definition) is 5. The number of amides is 1. The van der Waals surface area contributed by atoms with Crippen molar-refractivity contribution in [2.75, 3.05) is 12.3 Å². The summed E-state index contributed by atoms with van der Waals surface area (Å²) in [6.07, 6.45) is 3.86. The Morgan fingerprint density at radius 3 is 2.71 bits per heavy atom. The lowest BCUT2D eigenvalue weighted by Crippen LogP contribution is -2.41. The minimum absolute atomic E-state index is 0.0309.